The van der Waals surface area contributed by atoms with Gasteiger partial charge in [0, 0.05) is 36.1 Å². The van der Waals surface area contributed by atoms with Crippen molar-refractivity contribution in [1.29, 1.82) is 0 Å². The van der Waals surface area contributed by atoms with Gasteiger partial charge < -0.3 is 14.6 Å². The molecule has 0 saturated carbocycles. The van der Waals surface area contributed by atoms with E-state index in [-0.39, 0.29) is 11.9 Å². The number of fused-ring (bicyclic) bond motifs is 2. The minimum absolute atomic E-state index is 0.129. The summed E-state index contributed by atoms with van der Waals surface area (Å²) in [5.74, 6) is 1.08. The van der Waals surface area contributed by atoms with Gasteiger partial charge in [0.1, 0.15) is 11.5 Å². The van der Waals surface area contributed by atoms with Gasteiger partial charge in [-0.25, -0.2) is 15.0 Å². The Morgan fingerprint density at radius 2 is 2.06 bits per heavy atom. The van der Waals surface area contributed by atoms with Crippen molar-refractivity contribution in [2.24, 2.45) is 0 Å². The van der Waals surface area contributed by atoms with Gasteiger partial charge in [0.15, 0.2) is 11.5 Å². The molecular formula is C26H23ClN6O2. The van der Waals surface area contributed by atoms with Crippen LogP contribution in [0.3, 0.4) is 0 Å². The highest BCUT2D eigenvalue weighted by atomic mass is 35.5. The van der Waals surface area contributed by atoms with Gasteiger partial charge >= 0.3 is 0 Å². The molecule has 1 aliphatic rings. The highest BCUT2D eigenvalue weighted by Gasteiger charge is 2.27. The van der Waals surface area contributed by atoms with Gasteiger partial charge in [0.25, 0.3) is 5.91 Å². The van der Waals surface area contributed by atoms with Gasteiger partial charge in [-0.3, -0.25) is 9.36 Å². The molecule has 1 aliphatic heterocycles. The lowest BCUT2D eigenvalue weighted by atomic mass is 10.1. The second kappa shape index (κ2) is 8.48. The molecule has 35 heavy (non-hydrogen) atoms. The third kappa shape index (κ3) is 3.57. The van der Waals surface area contributed by atoms with Gasteiger partial charge in [-0.1, -0.05) is 23.7 Å². The Labute approximate surface area is 206 Å². The van der Waals surface area contributed by atoms with Crippen molar-refractivity contribution < 1.29 is 9.53 Å². The number of hydrogen-bond donors (Lipinski definition) is 1. The van der Waals surface area contributed by atoms with Gasteiger partial charge in [0.05, 0.1) is 35.2 Å². The molecule has 1 aromatic carbocycles. The van der Waals surface area contributed by atoms with Crippen LogP contribution in [-0.4, -0.2) is 56.2 Å². The molecule has 5 aromatic rings. The largest absolute Gasteiger partial charge is 0.377 e. The zero-order valence-corrected chi connectivity index (χ0v) is 20.1. The number of aromatic amines is 1. The molecule has 1 saturated heterocycles. The predicted octanol–water partition coefficient (Wildman–Crippen LogP) is 4.85. The molecule has 0 amide bonds. The highest BCUT2D eigenvalue weighted by Crippen LogP contribution is 2.33. The quantitative estimate of drug-likeness (QED) is 0.392. The summed E-state index contributed by atoms with van der Waals surface area (Å²) < 4.78 is 7.23. The summed E-state index contributed by atoms with van der Waals surface area (Å²) in [6.45, 7) is 5.91. The first kappa shape index (κ1) is 21.8. The highest BCUT2D eigenvalue weighted by molar-refractivity contribution is 6.34. The van der Waals surface area contributed by atoms with Gasteiger partial charge in [-0.05, 0) is 43.7 Å². The maximum absolute atomic E-state index is 13.7. The molecule has 6 rings (SSSR count). The summed E-state index contributed by atoms with van der Waals surface area (Å²) in [6, 6.07) is 11.3. The number of hydrogen-bond acceptors (Lipinski definition) is 6. The van der Waals surface area contributed by atoms with E-state index in [0.717, 1.165) is 33.4 Å². The number of benzene rings is 1. The molecule has 0 spiro atoms. The molecule has 0 unspecified atom stereocenters. The number of aromatic nitrogens is 5. The van der Waals surface area contributed by atoms with E-state index in [2.05, 4.69) is 21.8 Å². The van der Waals surface area contributed by atoms with Gasteiger partial charge in [0.2, 0.25) is 0 Å². The summed E-state index contributed by atoms with van der Waals surface area (Å²) in [4.78, 5) is 33.4. The summed E-state index contributed by atoms with van der Waals surface area (Å²) in [6.07, 6.45) is 5.33. The lowest BCUT2D eigenvalue weighted by Gasteiger charge is -2.34. The number of pyridine rings is 1. The average Bonchev–Trinajstić information content (AvgIpc) is 3.51. The average molecular weight is 487 g/mol. The topological polar surface area (TPSA) is 88.9 Å². The first-order chi connectivity index (χ1) is 17.0. The fraction of sp³-hybridized carbons (Fsp3) is 0.231. The number of ether oxygens (including phenoxy) is 1. The number of morpholine rings is 1. The number of rotatable bonds is 3. The Balaban J connectivity index is 1.61. The Kier molecular flexibility index (Phi) is 5.27. The standard InChI is InChI=1S/C26H23ClN6O2/c1-15-4-3-5-20(27)21(15)26(34)33-11-8-19-24(32-12-13-35-14-16(32)2)30-23(31-25(19)33)18-7-10-29-22-17(18)6-9-28-22/h3-11,16H,12-14H2,1-2H3,(H,28,29)/t16-/m1/s1. The number of halogens is 1. The molecule has 0 aliphatic carbocycles. The summed E-state index contributed by atoms with van der Waals surface area (Å²) in [5.41, 5.74) is 3.41. The number of H-pyrrole nitrogens is 1. The summed E-state index contributed by atoms with van der Waals surface area (Å²) in [7, 11) is 0. The number of nitrogens with one attached hydrogen (secondary N) is 1. The lowest BCUT2D eigenvalue weighted by Crippen LogP contribution is -2.44. The third-order valence-corrected chi connectivity index (χ3v) is 6.83. The zero-order valence-electron chi connectivity index (χ0n) is 19.3. The molecule has 1 atom stereocenters. The molecule has 4 aromatic heterocycles. The number of carbonyl (C=O) groups excluding carboxylic acids is 1. The molecule has 1 fully saturated rings. The normalized spacial score (nSPS) is 16.3. The van der Waals surface area contributed by atoms with Crippen molar-refractivity contribution in [2.75, 3.05) is 24.7 Å². The number of aryl methyl sites for hydroxylation is 1. The van der Waals surface area contributed by atoms with Crippen LogP contribution in [0.4, 0.5) is 5.82 Å². The Bertz CT molecular complexity index is 1570. The SMILES string of the molecule is Cc1cccc(Cl)c1C(=O)n1ccc2c(N3CCOC[C@H]3C)nc(-c3ccnc4[nH]ccc34)nc21. The number of nitrogens with zero attached hydrogens (tertiary/aromatic N) is 5. The fourth-order valence-electron chi connectivity index (χ4n) is 4.72. The molecule has 8 nitrogen and oxygen atoms in total. The fourth-order valence-corrected chi connectivity index (χ4v) is 5.03. The first-order valence-corrected chi connectivity index (χ1v) is 11.9. The smallest absolute Gasteiger partial charge is 0.265 e. The van der Waals surface area contributed by atoms with E-state index in [4.69, 9.17) is 26.3 Å². The Morgan fingerprint density at radius 3 is 2.89 bits per heavy atom. The Morgan fingerprint density at radius 1 is 1.17 bits per heavy atom. The van der Waals surface area contributed by atoms with Crippen LogP contribution in [0, 0.1) is 6.92 Å². The van der Waals surface area contributed by atoms with Crippen LogP contribution in [0.25, 0.3) is 33.5 Å². The van der Waals surface area contributed by atoms with Crippen molar-refractivity contribution in [3.8, 4) is 11.4 Å². The second-order valence-corrected chi connectivity index (χ2v) is 9.15. The maximum Gasteiger partial charge on any atom is 0.265 e. The minimum Gasteiger partial charge on any atom is -0.377 e. The van der Waals surface area contributed by atoms with Crippen molar-refractivity contribution >= 4 is 45.4 Å². The summed E-state index contributed by atoms with van der Waals surface area (Å²) in [5, 5.41) is 2.13. The first-order valence-electron chi connectivity index (χ1n) is 11.5. The van der Waals surface area contributed by atoms with Crippen LogP contribution < -0.4 is 4.90 Å². The van der Waals surface area contributed by atoms with Crippen LogP contribution in [0.5, 0.6) is 0 Å². The van der Waals surface area contributed by atoms with E-state index in [0.29, 0.717) is 41.8 Å². The van der Waals surface area contributed by atoms with E-state index >= 15 is 0 Å². The second-order valence-electron chi connectivity index (χ2n) is 8.75. The van der Waals surface area contributed by atoms with Crippen molar-refractivity contribution in [3.63, 3.8) is 0 Å². The predicted molar refractivity (Wildman–Crippen MR) is 136 cm³/mol. The van der Waals surface area contributed by atoms with E-state index in [9.17, 15) is 4.79 Å². The Hall–Kier alpha value is -3.75. The van der Waals surface area contributed by atoms with E-state index in [1.54, 1.807) is 23.0 Å². The zero-order chi connectivity index (χ0) is 24.1. The van der Waals surface area contributed by atoms with Crippen molar-refractivity contribution in [2.45, 2.75) is 19.9 Å². The molecule has 0 bridgehead atoms. The van der Waals surface area contributed by atoms with Gasteiger partial charge in [-0.15, -0.1) is 0 Å². The van der Waals surface area contributed by atoms with E-state index in [1.807, 2.05) is 43.5 Å². The third-order valence-electron chi connectivity index (χ3n) is 6.52. The lowest BCUT2D eigenvalue weighted by molar-refractivity contribution is 0.0963. The molecular weight excluding hydrogens is 464 g/mol. The van der Waals surface area contributed by atoms with Crippen LogP contribution >= 0.6 is 11.6 Å². The molecule has 176 valence electrons. The van der Waals surface area contributed by atoms with E-state index < -0.39 is 0 Å². The maximum atomic E-state index is 13.7. The van der Waals surface area contributed by atoms with Crippen LogP contribution in [0.15, 0.2) is 55.0 Å². The summed E-state index contributed by atoms with van der Waals surface area (Å²) >= 11 is 6.45. The van der Waals surface area contributed by atoms with Gasteiger partial charge in [-0.2, -0.15) is 0 Å². The van der Waals surface area contributed by atoms with Crippen LogP contribution in [0.2, 0.25) is 5.02 Å². The van der Waals surface area contributed by atoms with Crippen LogP contribution in [0.1, 0.15) is 22.8 Å². The molecule has 9 heteroatoms. The van der Waals surface area contributed by atoms with Crippen molar-refractivity contribution in [1.82, 2.24) is 24.5 Å². The van der Waals surface area contributed by atoms with Crippen molar-refractivity contribution in [3.05, 3.63) is 71.1 Å². The monoisotopic (exact) mass is 486 g/mol. The minimum atomic E-state index is -0.227. The molecule has 0 radical (unpaired) electrons. The number of anilines is 1. The molecule has 1 N–H and O–H groups in total. The van der Waals surface area contributed by atoms with E-state index in [1.165, 1.54) is 0 Å². The number of carbonyl (C=O) groups is 1. The molecule has 5 heterocycles. The van der Waals surface area contributed by atoms with Crippen LogP contribution in [-0.2, 0) is 4.74 Å².